The summed E-state index contributed by atoms with van der Waals surface area (Å²) >= 11 is 5.12. The molecular formula is C13H22N4S. The van der Waals surface area contributed by atoms with Crippen molar-refractivity contribution in [2.24, 2.45) is 11.7 Å². The van der Waals surface area contributed by atoms with Gasteiger partial charge in [-0.25, -0.2) is 0 Å². The topological polar surface area (TPSA) is 63.8 Å². The van der Waals surface area contributed by atoms with Crippen LogP contribution in [-0.4, -0.2) is 21.2 Å². The first kappa shape index (κ1) is 14.8. The number of hydrogen-bond acceptors (Lipinski definition) is 4. The Labute approximate surface area is 114 Å². The SMILES string of the molecule is CCC(Nc1nnc(C)c(C)c1C(N)=S)C(C)C. The maximum Gasteiger partial charge on any atom is 0.159 e. The van der Waals surface area contributed by atoms with Crippen LogP contribution >= 0.6 is 12.2 Å². The molecule has 1 aromatic heterocycles. The predicted molar refractivity (Wildman–Crippen MR) is 79.9 cm³/mol. The van der Waals surface area contributed by atoms with E-state index in [4.69, 9.17) is 18.0 Å². The second-order valence-corrected chi connectivity index (χ2v) is 5.34. The molecule has 0 fully saturated rings. The monoisotopic (exact) mass is 266 g/mol. The van der Waals surface area contributed by atoms with Crippen molar-refractivity contribution in [1.29, 1.82) is 0 Å². The third-order valence-electron chi connectivity index (χ3n) is 3.27. The minimum Gasteiger partial charge on any atom is -0.389 e. The lowest BCUT2D eigenvalue weighted by Gasteiger charge is -2.23. The quantitative estimate of drug-likeness (QED) is 0.802. The lowest BCUT2D eigenvalue weighted by molar-refractivity contribution is 0.509. The van der Waals surface area contributed by atoms with Crippen LogP contribution in [0.5, 0.6) is 0 Å². The highest BCUT2D eigenvalue weighted by Gasteiger charge is 2.18. The molecule has 4 nitrogen and oxygen atoms in total. The Hall–Kier alpha value is -1.23. The molecule has 3 N–H and O–H groups in total. The van der Waals surface area contributed by atoms with E-state index in [0.717, 1.165) is 23.2 Å². The second kappa shape index (κ2) is 6.09. The van der Waals surface area contributed by atoms with Crippen molar-refractivity contribution in [1.82, 2.24) is 10.2 Å². The number of nitrogens with zero attached hydrogens (tertiary/aromatic N) is 2. The van der Waals surface area contributed by atoms with E-state index in [9.17, 15) is 0 Å². The van der Waals surface area contributed by atoms with Crippen LogP contribution in [0.3, 0.4) is 0 Å². The summed E-state index contributed by atoms with van der Waals surface area (Å²) in [6.07, 6.45) is 1.02. The van der Waals surface area contributed by atoms with Gasteiger partial charge in [0.05, 0.1) is 11.3 Å². The van der Waals surface area contributed by atoms with E-state index < -0.39 is 0 Å². The minimum absolute atomic E-state index is 0.342. The van der Waals surface area contributed by atoms with Crippen LogP contribution in [-0.2, 0) is 0 Å². The van der Waals surface area contributed by atoms with Gasteiger partial charge in [-0.3, -0.25) is 0 Å². The normalized spacial score (nSPS) is 12.6. The van der Waals surface area contributed by atoms with Crippen LogP contribution in [0.15, 0.2) is 0 Å². The maximum absolute atomic E-state index is 5.80. The van der Waals surface area contributed by atoms with Crippen molar-refractivity contribution in [3.8, 4) is 0 Å². The van der Waals surface area contributed by atoms with Crippen molar-refractivity contribution in [3.05, 3.63) is 16.8 Å². The fraction of sp³-hybridized carbons (Fsp3) is 0.615. The third-order valence-corrected chi connectivity index (χ3v) is 3.47. The van der Waals surface area contributed by atoms with E-state index in [2.05, 4.69) is 36.3 Å². The summed E-state index contributed by atoms with van der Waals surface area (Å²) in [5.41, 5.74) is 8.48. The number of aryl methyl sites for hydroxylation is 1. The van der Waals surface area contributed by atoms with E-state index in [1.54, 1.807) is 0 Å². The van der Waals surface area contributed by atoms with E-state index >= 15 is 0 Å². The molecule has 18 heavy (non-hydrogen) atoms. The van der Waals surface area contributed by atoms with Gasteiger partial charge in [0.25, 0.3) is 0 Å². The number of thiocarbonyl (C=S) groups is 1. The fourth-order valence-corrected chi connectivity index (χ4v) is 2.18. The van der Waals surface area contributed by atoms with Gasteiger partial charge in [0.1, 0.15) is 4.99 Å². The summed E-state index contributed by atoms with van der Waals surface area (Å²) in [5, 5.41) is 11.7. The van der Waals surface area contributed by atoms with Gasteiger partial charge in [0, 0.05) is 6.04 Å². The molecule has 0 aliphatic heterocycles. The van der Waals surface area contributed by atoms with E-state index in [0.29, 0.717) is 22.8 Å². The van der Waals surface area contributed by atoms with E-state index in [-0.39, 0.29) is 0 Å². The molecule has 0 saturated carbocycles. The van der Waals surface area contributed by atoms with Gasteiger partial charge < -0.3 is 11.1 Å². The first-order chi connectivity index (χ1) is 8.38. The molecule has 1 rings (SSSR count). The van der Waals surface area contributed by atoms with Crippen LogP contribution < -0.4 is 11.1 Å². The Morgan fingerprint density at radius 2 is 1.94 bits per heavy atom. The molecule has 0 aromatic carbocycles. The van der Waals surface area contributed by atoms with E-state index in [1.165, 1.54) is 0 Å². The Bertz CT molecular complexity index is 443. The molecule has 0 saturated heterocycles. The molecule has 100 valence electrons. The lowest BCUT2D eigenvalue weighted by atomic mass is 10.0. The Morgan fingerprint density at radius 1 is 1.33 bits per heavy atom. The molecule has 0 radical (unpaired) electrons. The van der Waals surface area contributed by atoms with Gasteiger partial charge in [-0.05, 0) is 31.7 Å². The van der Waals surface area contributed by atoms with Crippen molar-refractivity contribution in [2.75, 3.05) is 5.32 Å². The molecule has 0 spiro atoms. The number of aromatic nitrogens is 2. The first-order valence-corrected chi connectivity index (χ1v) is 6.69. The van der Waals surface area contributed by atoms with Crippen LogP contribution in [0.1, 0.15) is 44.0 Å². The van der Waals surface area contributed by atoms with Crippen LogP contribution in [0.25, 0.3) is 0 Å². The Kier molecular flexibility index (Phi) is 5.02. The Morgan fingerprint density at radius 3 is 2.39 bits per heavy atom. The van der Waals surface area contributed by atoms with Crippen molar-refractivity contribution < 1.29 is 0 Å². The number of nitrogens with two attached hydrogens (primary N) is 1. The van der Waals surface area contributed by atoms with E-state index in [1.807, 2.05) is 13.8 Å². The fourth-order valence-electron chi connectivity index (χ4n) is 1.93. The molecule has 1 aromatic rings. The summed E-state index contributed by atoms with van der Waals surface area (Å²) in [5.74, 6) is 1.21. The van der Waals surface area contributed by atoms with Crippen molar-refractivity contribution in [3.63, 3.8) is 0 Å². The molecule has 1 heterocycles. The van der Waals surface area contributed by atoms with Gasteiger partial charge in [-0.15, -0.1) is 5.10 Å². The molecule has 5 heteroatoms. The molecule has 0 bridgehead atoms. The smallest absolute Gasteiger partial charge is 0.159 e. The molecule has 0 aliphatic rings. The van der Waals surface area contributed by atoms with Gasteiger partial charge >= 0.3 is 0 Å². The maximum atomic E-state index is 5.80. The Balaban J connectivity index is 3.16. The lowest BCUT2D eigenvalue weighted by Crippen LogP contribution is -2.28. The number of rotatable bonds is 5. The highest BCUT2D eigenvalue weighted by Crippen LogP contribution is 2.21. The number of nitrogens with one attached hydrogen (secondary N) is 1. The minimum atomic E-state index is 0.342. The summed E-state index contributed by atoms with van der Waals surface area (Å²) in [6, 6.07) is 0.342. The van der Waals surface area contributed by atoms with Crippen LogP contribution in [0, 0.1) is 19.8 Å². The molecule has 1 atom stereocenters. The largest absolute Gasteiger partial charge is 0.389 e. The number of anilines is 1. The third kappa shape index (κ3) is 3.16. The highest BCUT2D eigenvalue weighted by molar-refractivity contribution is 7.80. The standard InChI is InChI=1S/C13H22N4S/c1-6-10(7(2)3)15-13-11(12(14)18)8(4)9(5)16-17-13/h7,10H,6H2,1-5H3,(H2,14,18)(H,15,17). The average molecular weight is 266 g/mol. The summed E-state index contributed by atoms with van der Waals surface area (Å²) in [6.45, 7) is 10.4. The highest BCUT2D eigenvalue weighted by atomic mass is 32.1. The number of hydrogen-bond donors (Lipinski definition) is 2. The summed E-state index contributed by atoms with van der Waals surface area (Å²) in [7, 11) is 0. The zero-order valence-corrected chi connectivity index (χ0v) is 12.6. The van der Waals surface area contributed by atoms with Gasteiger partial charge in [-0.1, -0.05) is 33.0 Å². The summed E-state index contributed by atoms with van der Waals surface area (Å²) in [4.78, 5) is 0.367. The van der Waals surface area contributed by atoms with Crippen LogP contribution in [0.2, 0.25) is 0 Å². The van der Waals surface area contributed by atoms with Crippen molar-refractivity contribution >= 4 is 23.0 Å². The molecular weight excluding hydrogens is 244 g/mol. The zero-order chi connectivity index (χ0) is 13.9. The van der Waals surface area contributed by atoms with Gasteiger partial charge in [-0.2, -0.15) is 5.10 Å². The second-order valence-electron chi connectivity index (χ2n) is 4.90. The molecule has 0 aliphatic carbocycles. The zero-order valence-electron chi connectivity index (χ0n) is 11.7. The molecule has 1 unspecified atom stereocenters. The molecule has 0 amide bonds. The van der Waals surface area contributed by atoms with Crippen LogP contribution in [0.4, 0.5) is 5.82 Å². The van der Waals surface area contributed by atoms with Gasteiger partial charge in [0.2, 0.25) is 0 Å². The van der Waals surface area contributed by atoms with Crippen molar-refractivity contribution in [2.45, 2.75) is 47.1 Å². The first-order valence-electron chi connectivity index (χ1n) is 6.28. The predicted octanol–water partition coefficient (Wildman–Crippen LogP) is 2.57. The summed E-state index contributed by atoms with van der Waals surface area (Å²) < 4.78 is 0. The van der Waals surface area contributed by atoms with Gasteiger partial charge in [0.15, 0.2) is 5.82 Å². The average Bonchev–Trinajstić information content (AvgIpc) is 2.29.